The predicted octanol–water partition coefficient (Wildman–Crippen LogP) is 2.09. The van der Waals surface area contributed by atoms with Gasteiger partial charge in [0.2, 0.25) is 0 Å². The van der Waals surface area contributed by atoms with Crippen LogP contribution >= 0.6 is 0 Å². The Bertz CT molecular complexity index is 1160. The van der Waals surface area contributed by atoms with Gasteiger partial charge in [0.15, 0.2) is 0 Å². The highest BCUT2D eigenvalue weighted by molar-refractivity contribution is 6.08. The Morgan fingerprint density at radius 3 is 2.85 bits per heavy atom. The van der Waals surface area contributed by atoms with Crippen molar-refractivity contribution in [3.05, 3.63) is 68.5 Å². The largest absolute Gasteiger partial charge is 0.329 e. The van der Waals surface area contributed by atoms with E-state index in [4.69, 9.17) is 0 Å². The number of aromatic nitrogens is 3. The minimum Gasteiger partial charge on any atom is -0.305 e. The first-order valence-corrected chi connectivity index (χ1v) is 9.05. The van der Waals surface area contributed by atoms with E-state index in [0.29, 0.717) is 17.8 Å². The molecule has 7 nitrogen and oxygen atoms in total. The Labute approximate surface area is 155 Å². The summed E-state index contributed by atoms with van der Waals surface area (Å²) in [5, 5.41) is 0.244. The number of benzene rings is 1. The summed E-state index contributed by atoms with van der Waals surface area (Å²) in [4.78, 5) is 45.8. The van der Waals surface area contributed by atoms with Gasteiger partial charge in [-0.15, -0.1) is 0 Å². The van der Waals surface area contributed by atoms with E-state index in [2.05, 4.69) is 9.97 Å². The first kappa shape index (κ1) is 17.2. The zero-order valence-electron chi connectivity index (χ0n) is 15.2. The summed E-state index contributed by atoms with van der Waals surface area (Å²) in [6.45, 7) is 4.38. The number of nitrogens with zero attached hydrogens (tertiary/aromatic N) is 3. The fourth-order valence-electron chi connectivity index (χ4n) is 3.73. The summed E-state index contributed by atoms with van der Waals surface area (Å²) < 4.78 is 1.43. The second-order valence-electron chi connectivity index (χ2n) is 6.86. The molecule has 1 aliphatic rings. The molecule has 3 aromatic rings. The maximum Gasteiger partial charge on any atom is 0.329 e. The van der Waals surface area contributed by atoms with Gasteiger partial charge in [-0.2, -0.15) is 0 Å². The molecule has 0 saturated carbocycles. The highest BCUT2D eigenvalue weighted by Crippen LogP contribution is 2.33. The Morgan fingerprint density at radius 1 is 1.30 bits per heavy atom. The molecule has 1 unspecified atom stereocenters. The summed E-state index contributed by atoms with van der Waals surface area (Å²) in [6.07, 6.45) is 2.97. The Balaban J connectivity index is 1.82. The van der Waals surface area contributed by atoms with Crippen LogP contribution in [0.15, 0.2) is 46.1 Å². The van der Waals surface area contributed by atoms with Crippen LogP contribution in [0.3, 0.4) is 0 Å². The van der Waals surface area contributed by atoms with Crippen LogP contribution in [0.1, 0.15) is 36.2 Å². The van der Waals surface area contributed by atoms with Crippen molar-refractivity contribution in [3.63, 3.8) is 0 Å². The van der Waals surface area contributed by atoms with Gasteiger partial charge in [0.25, 0.3) is 11.5 Å². The van der Waals surface area contributed by atoms with Crippen molar-refractivity contribution in [3.8, 4) is 0 Å². The molecule has 0 bridgehead atoms. The Morgan fingerprint density at radius 2 is 2.07 bits per heavy atom. The van der Waals surface area contributed by atoms with Gasteiger partial charge < -0.3 is 4.90 Å². The lowest BCUT2D eigenvalue weighted by Gasteiger charge is -2.22. The van der Waals surface area contributed by atoms with Crippen LogP contribution in [0.4, 0.5) is 5.69 Å². The molecule has 0 aliphatic carbocycles. The lowest BCUT2D eigenvalue weighted by molar-refractivity contribution is 0.0981. The second-order valence-corrected chi connectivity index (χ2v) is 6.86. The van der Waals surface area contributed by atoms with Crippen LogP contribution in [0.5, 0.6) is 0 Å². The molecule has 4 rings (SSSR count). The number of anilines is 1. The number of amides is 1. The number of aryl methyl sites for hydroxylation is 1. The zero-order valence-corrected chi connectivity index (χ0v) is 15.2. The van der Waals surface area contributed by atoms with Crippen LogP contribution in [-0.2, 0) is 13.0 Å². The van der Waals surface area contributed by atoms with Gasteiger partial charge >= 0.3 is 5.69 Å². The van der Waals surface area contributed by atoms with Gasteiger partial charge in [-0.1, -0.05) is 25.1 Å². The maximum absolute atomic E-state index is 13.2. The molecule has 0 fully saturated rings. The molecule has 1 atom stereocenters. The van der Waals surface area contributed by atoms with Crippen molar-refractivity contribution >= 4 is 22.6 Å². The number of nitrogens with one attached hydrogen (secondary N) is 1. The molecule has 0 saturated heterocycles. The predicted molar refractivity (Wildman–Crippen MR) is 103 cm³/mol. The number of fused-ring (bicyclic) bond motifs is 2. The molecular weight excluding hydrogens is 344 g/mol. The zero-order chi connectivity index (χ0) is 19.1. The number of aromatic amines is 1. The van der Waals surface area contributed by atoms with Gasteiger partial charge in [0.1, 0.15) is 5.65 Å². The molecule has 27 heavy (non-hydrogen) atoms. The van der Waals surface area contributed by atoms with Gasteiger partial charge in [0, 0.05) is 24.5 Å². The SMILES string of the molecule is CCCn1c(=O)[nH]c(=O)c2cc(C(=O)N3c4ccccc4CC3C)cnc21. The molecule has 7 heteroatoms. The van der Waals surface area contributed by atoms with Crippen LogP contribution in [-0.4, -0.2) is 26.5 Å². The van der Waals surface area contributed by atoms with Crippen LogP contribution in [0, 0.1) is 0 Å². The third kappa shape index (κ3) is 2.75. The van der Waals surface area contributed by atoms with Crippen LogP contribution in [0.25, 0.3) is 11.0 Å². The van der Waals surface area contributed by atoms with E-state index in [0.717, 1.165) is 24.1 Å². The van der Waals surface area contributed by atoms with Crippen molar-refractivity contribution in [1.29, 1.82) is 0 Å². The maximum atomic E-state index is 13.2. The van der Waals surface area contributed by atoms with Crippen LogP contribution in [0.2, 0.25) is 0 Å². The summed E-state index contributed by atoms with van der Waals surface area (Å²) in [6, 6.07) is 9.37. The number of pyridine rings is 1. The van der Waals surface area contributed by atoms with Crippen molar-refractivity contribution in [1.82, 2.24) is 14.5 Å². The van der Waals surface area contributed by atoms with E-state index in [9.17, 15) is 14.4 Å². The second kappa shape index (κ2) is 6.50. The van der Waals surface area contributed by atoms with Crippen molar-refractivity contribution in [2.75, 3.05) is 4.90 Å². The number of para-hydroxylation sites is 1. The number of hydrogen-bond donors (Lipinski definition) is 1. The lowest BCUT2D eigenvalue weighted by Crippen LogP contribution is -2.36. The third-order valence-corrected chi connectivity index (χ3v) is 4.95. The number of H-pyrrole nitrogens is 1. The highest BCUT2D eigenvalue weighted by atomic mass is 16.2. The number of carbonyl (C=O) groups is 1. The van der Waals surface area contributed by atoms with E-state index in [1.165, 1.54) is 16.8 Å². The average Bonchev–Trinajstić information content (AvgIpc) is 3.00. The van der Waals surface area contributed by atoms with Gasteiger partial charge in [-0.05, 0) is 37.5 Å². The molecule has 1 amide bonds. The van der Waals surface area contributed by atoms with Crippen molar-refractivity contribution in [2.45, 2.75) is 39.3 Å². The number of rotatable bonds is 3. The molecule has 1 aromatic carbocycles. The Hall–Kier alpha value is -3.22. The summed E-state index contributed by atoms with van der Waals surface area (Å²) in [7, 11) is 0. The van der Waals surface area contributed by atoms with Crippen molar-refractivity contribution in [2.24, 2.45) is 0 Å². The fourth-order valence-corrected chi connectivity index (χ4v) is 3.73. The number of carbonyl (C=O) groups excluding carboxylic acids is 1. The minimum absolute atomic E-state index is 0.0259. The highest BCUT2D eigenvalue weighted by Gasteiger charge is 2.31. The normalized spacial score (nSPS) is 15.9. The topological polar surface area (TPSA) is 88.1 Å². The lowest BCUT2D eigenvalue weighted by atomic mass is 10.1. The fraction of sp³-hybridized carbons (Fsp3) is 0.300. The van der Waals surface area contributed by atoms with E-state index in [1.807, 2.05) is 38.1 Å². The number of hydrogen-bond acceptors (Lipinski definition) is 4. The molecule has 138 valence electrons. The van der Waals surface area contributed by atoms with Gasteiger partial charge in [-0.3, -0.25) is 19.1 Å². The summed E-state index contributed by atoms with van der Waals surface area (Å²) in [5.74, 6) is -0.200. The Kier molecular flexibility index (Phi) is 4.14. The molecule has 1 aliphatic heterocycles. The van der Waals surface area contributed by atoms with E-state index in [1.54, 1.807) is 4.90 Å². The van der Waals surface area contributed by atoms with Crippen LogP contribution < -0.4 is 16.1 Å². The molecular formula is C20H20N4O3. The quantitative estimate of drug-likeness (QED) is 0.771. The molecule has 2 aromatic heterocycles. The van der Waals surface area contributed by atoms with Crippen molar-refractivity contribution < 1.29 is 4.79 Å². The monoisotopic (exact) mass is 364 g/mol. The van der Waals surface area contributed by atoms with E-state index >= 15 is 0 Å². The molecule has 1 N–H and O–H groups in total. The standard InChI is InChI=1S/C20H20N4O3/c1-3-8-23-17-15(18(25)22-20(23)27)10-14(11-21-17)19(26)24-12(2)9-13-6-4-5-7-16(13)24/h4-7,10-12H,3,8-9H2,1-2H3,(H,22,25,27). The van der Waals surface area contributed by atoms with Gasteiger partial charge in [-0.25, -0.2) is 9.78 Å². The first-order chi connectivity index (χ1) is 13.0. The van der Waals surface area contributed by atoms with Gasteiger partial charge in [0.05, 0.1) is 10.9 Å². The molecule has 0 spiro atoms. The average molecular weight is 364 g/mol. The van der Waals surface area contributed by atoms with E-state index in [-0.39, 0.29) is 17.3 Å². The molecule has 3 heterocycles. The molecule has 0 radical (unpaired) electrons. The summed E-state index contributed by atoms with van der Waals surface area (Å²) in [5.41, 5.74) is 1.64. The van der Waals surface area contributed by atoms with E-state index < -0.39 is 11.2 Å². The smallest absolute Gasteiger partial charge is 0.305 e. The third-order valence-electron chi connectivity index (χ3n) is 4.95. The first-order valence-electron chi connectivity index (χ1n) is 9.05. The minimum atomic E-state index is -0.528. The summed E-state index contributed by atoms with van der Waals surface area (Å²) >= 11 is 0.